The number of nitro groups is 1. The third-order valence-electron chi connectivity index (χ3n) is 2.30. The predicted molar refractivity (Wildman–Crippen MR) is 70.8 cm³/mol. The van der Waals surface area contributed by atoms with Crippen LogP contribution in [0.25, 0.3) is 0 Å². The van der Waals surface area contributed by atoms with E-state index in [0.29, 0.717) is 0 Å². The van der Waals surface area contributed by atoms with Gasteiger partial charge in [0.15, 0.2) is 0 Å². The predicted octanol–water partition coefficient (Wildman–Crippen LogP) is 4.01. The van der Waals surface area contributed by atoms with E-state index in [2.05, 4.69) is 26.1 Å². The maximum absolute atomic E-state index is 10.7. The van der Waals surface area contributed by atoms with Gasteiger partial charge < -0.3 is 5.32 Å². The zero-order valence-corrected chi connectivity index (χ0v) is 11.3. The number of rotatable bonds is 3. The van der Waals surface area contributed by atoms with E-state index in [-0.39, 0.29) is 16.1 Å². The molecule has 0 aliphatic carbocycles. The number of hydrogen-bond donors (Lipinski definition) is 1. The molecule has 1 aromatic rings. The lowest BCUT2D eigenvalue weighted by molar-refractivity contribution is -0.384. The fourth-order valence-corrected chi connectivity index (χ4v) is 1.59. The normalized spacial score (nSPS) is 11.4. The highest BCUT2D eigenvalue weighted by Gasteiger charge is 2.16. The summed E-state index contributed by atoms with van der Waals surface area (Å²) >= 11 is 5.86. The third kappa shape index (κ3) is 3.89. The van der Waals surface area contributed by atoms with Gasteiger partial charge in [-0.2, -0.15) is 0 Å². The van der Waals surface area contributed by atoms with Crippen molar-refractivity contribution in [3.63, 3.8) is 0 Å². The summed E-state index contributed by atoms with van der Waals surface area (Å²) in [6.45, 7) is 8.95. The monoisotopic (exact) mass is 256 g/mol. The van der Waals surface area contributed by atoms with Gasteiger partial charge in [0.2, 0.25) is 0 Å². The van der Waals surface area contributed by atoms with E-state index in [1.165, 1.54) is 6.07 Å². The molecular weight excluding hydrogens is 240 g/mol. The van der Waals surface area contributed by atoms with E-state index < -0.39 is 4.92 Å². The Morgan fingerprint density at radius 2 is 2.00 bits per heavy atom. The molecule has 0 bridgehead atoms. The molecule has 0 radical (unpaired) electrons. The highest BCUT2D eigenvalue weighted by Crippen LogP contribution is 2.31. The van der Waals surface area contributed by atoms with Crippen LogP contribution in [0.5, 0.6) is 0 Å². The van der Waals surface area contributed by atoms with Crippen molar-refractivity contribution < 1.29 is 4.92 Å². The first kappa shape index (κ1) is 13.8. The van der Waals surface area contributed by atoms with Crippen molar-refractivity contribution in [2.75, 3.05) is 11.9 Å². The Balaban J connectivity index is 2.96. The van der Waals surface area contributed by atoms with Gasteiger partial charge in [0, 0.05) is 18.3 Å². The van der Waals surface area contributed by atoms with Gasteiger partial charge in [0.1, 0.15) is 5.02 Å². The van der Waals surface area contributed by atoms with E-state index in [1.54, 1.807) is 6.07 Å². The molecule has 0 saturated heterocycles. The lowest BCUT2D eigenvalue weighted by Crippen LogP contribution is -2.19. The smallest absolute Gasteiger partial charge is 0.288 e. The Morgan fingerprint density at radius 1 is 1.41 bits per heavy atom. The second-order valence-corrected chi connectivity index (χ2v) is 5.70. The molecule has 4 nitrogen and oxygen atoms in total. The van der Waals surface area contributed by atoms with Crippen LogP contribution in [0.4, 0.5) is 11.4 Å². The summed E-state index contributed by atoms with van der Waals surface area (Å²) in [5.41, 5.74) is 1.76. The van der Waals surface area contributed by atoms with Gasteiger partial charge in [-0.05, 0) is 24.0 Å². The van der Waals surface area contributed by atoms with Crippen LogP contribution in [-0.2, 0) is 0 Å². The van der Waals surface area contributed by atoms with Crippen LogP contribution in [0.15, 0.2) is 12.1 Å². The van der Waals surface area contributed by atoms with Crippen LogP contribution in [0.1, 0.15) is 26.3 Å². The van der Waals surface area contributed by atoms with E-state index in [4.69, 9.17) is 11.6 Å². The molecular formula is C12H17ClN2O2. The van der Waals surface area contributed by atoms with Gasteiger partial charge in [0.05, 0.1) is 4.92 Å². The molecule has 17 heavy (non-hydrogen) atoms. The Morgan fingerprint density at radius 3 is 2.47 bits per heavy atom. The van der Waals surface area contributed by atoms with Crippen molar-refractivity contribution in [1.29, 1.82) is 0 Å². The molecule has 0 heterocycles. The fourth-order valence-electron chi connectivity index (χ4n) is 1.36. The molecule has 5 heteroatoms. The van der Waals surface area contributed by atoms with E-state index in [1.807, 2.05) is 6.92 Å². The molecule has 1 aromatic carbocycles. The minimum Gasteiger partial charge on any atom is -0.384 e. The van der Waals surface area contributed by atoms with Crippen LogP contribution in [0.2, 0.25) is 5.02 Å². The van der Waals surface area contributed by atoms with Gasteiger partial charge in [-0.3, -0.25) is 10.1 Å². The molecule has 0 saturated carbocycles. The Hall–Kier alpha value is -1.29. The maximum Gasteiger partial charge on any atom is 0.288 e. The van der Waals surface area contributed by atoms with Crippen LogP contribution < -0.4 is 5.32 Å². The van der Waals surface area contributed by atoms with Gasteiger partial charge in [-0.1, -0.05) is 32.4 Å². The molecule has 0 spiro atoms. The van der Waals surface area contributed by atoms with Crippen molar-refractivity contribution in [3.8, 4) is 0 Å². The number of hydrogen-bond acceptors (Lipinski definition) is 3. The van der Waals surface area contributed by atoms with Crippen LogP contribution in [0.3, 0.4) is 0 Å². The number of nitrogens with zero attached hydrogens (tertiary/aromatic N) is 1. The summed E-state index contributed by atoms with van der Waals surface area (Å²) in [5.74, 6) is 0. The maximum atomic E-state index is 10.7. The van der Waals surface area contributed by atoms with Gasteiger partial charge in [-0.15, -0.1) is 0 Å². The Bertz CT molecular complexity index is 439. The Labute approximate surface area is 106 Å². The van der Waals surface area contributed by atoms with Crippen molar-refractivity contribution in [2.24, 2.45) is 5.41 Å². The molecule has 1 rings (SSSR count). The lowest BCUT2D eigenvalue weighted by Gasteiger charge is -2.20. The van der Waals surface area contributed by atoms with Crippen molar-refractivity contribution >= 4 is 23.0 Å². The first-order chi connectivity index (χ1) is 7.70. The second kappa shape index (κ2) is 4.92. The zero-order valence-electron chi connectivity index (χ0n) is 10.5. The van der Waals surface area contributed by atoms with Gasteiger partial charge in [-0.25, -0.2) is 0 Å². The summed E-state index contributed by atoms with van der Waals surface area (Å²) in [4.78, 5) is 10.2. The topological polar surface area (TPSA) is 55.2 Å². The van der Waals surface area contributed by atoms with E-state index in [0.717, 1.165) is 17.8 Å². The quantitative estimate of drug-likeness (QED) is 0.657. The summed E-state index contributed by atoms with van der Waals surface area (Å²) in [7, 11) is 0. The van der Waals surface area contributed by atoms with E-state index >= 15 is 0 Å². The van der Waals surface area contributed by atoms with Crippen molar-refractivity contribution in [1.82, 2.24) is 0 Å². The highest BCUT2D eigenvalue weighted by atomic mass is 35.5. The number of halogens is 1. The average molecular weight is 257 g/mol. The number of nitro benzene ring substituents is 1. The van der Waals surface area contributed by atoms with E-state index in [9.17, 15) is 10.1 Å². The molecule has 94 valence electrons. The summed E-state index contributed by atoms with van der Waals surface area (Å²) in [5, 5.41) is 14.1. The molecule has 0 atom stereocenters. The standard InChI is InChI=1S/C12H17ClN2O2/c1-8-5-11(15(16)17)9(13)6-10(8)14-7-12(2,3)4/h5-6,14H,7H2,1-4H3. The average Bonchev–Trinajstić information content (AvgIpc) is 2.17. The lowest BCUT2D eigenvalue weighted by atomic mass is 9.96. The third-order valence-corrected chi connectivity index (χ3v) is 2.60. The zero-order chi connectivity index (χ0) is 13.2. The first-order valence-electron chi connectivity index (χ1n) is 5.39. The second-order valence-electron chi connectivity index (χ2n) is 5.29. The van der Waals surface area contributed by atoms with Crippen LogP contribution in [0, 0.1) is 22.5 Å². The largest absolute Gasteiger partial charge is 0.384 e. The highest BCUT2D eigenvalue weighted by molar-refractivity contribution is 6.33. The molecule has 0 aliphatic heterocycles. The van der Waals surface area contributed by atoms with Gasteiger partial charge in [0.25, 0.3) is 5.69 Å². The summed E-state index contributed by atoms with van der Waals surface area (Å²) in [6, 6.07) is 3.11. The minimum atomic E-state index is -0.469. The SMILES string of the molecule is Cc1cc([N+](=O)[O-])c(Cl)cc1NCC(C)(C)C. The summed E-state index contributed by atoms with van der Waals surface area (Å²) < 4.78 is 0. The Kier molecular flexibility index (Phi) is 3.98. The number of anilines is 1. The van der Waals surface area contributed by atoms with Gasteiger partial charge >= 0.3 is 0 Å². The van der Waals surface area contributed by atoms with Crippen LogP contribution in [-0.4, -0.2) is 11.5 Å². The molecule has 0 aliphatic rings. The van der Waals surface area contributed by atoms with Crippen molar-refractivity contribution in [2.45, 2.75) is 27.7 Å². The minimum absolute atomic E-state index is 0.0505. The summed E-state index contributed by atoms with van der Waals surface area (Å²) in [6.07, 6.45) is 0. The molecule has 0 aromatic heterocycles. The molecule has 0 fully saturated rings. The molecule has 1 N–H and O–H groups in total. The molecule has 0 unspecified atom stereocenters. The number of benzene rings is 1. The first-order valence-corrected chi connectivity index (χ1v) is 5.77. The van der Waals surface area contributed by atoms with Crippen LogP contribution >= 0.6 is 11.6 Å². The van der Waals surface area contributed by atoms with Crippen molar-refractivity contribution in [3.05, 3.63) is 32.8 Å². The molecule has 0 amide bonds. The number of aryl methyl sites for hydroxylation is 1. The fraction of sp³-hybridized carbons (Fsp3) is 0.500. The number of nitrogens with one attached hydrogen (secondary N) is 1.